The van der Waals surface area contributed by atoms with Gasteiger partial charge in [-0.15, -0.1) is 0 Å². The number of hydrogen-bond acceptors (Lipinski definition) is 5. The molecule has 3 rings (SSSR count). The van der Waals surface area contributed by atoms with E-state index >= 15 is 0 Å². The molecule has 0 fully saturated rings. The number of nitriles is 1. The third kappa shape index (κ3) is 3.30. The molecule has 1 unspecified atom stereocenters. The number of allylic oxidation sites excluding steroid dienone is 4. The maximum atomic E-state index is 13.2. The SMILES string of the molecule is COc1ccc(C2C=C(C#N)C(c3cccnc3)=C(C(C)=O)C2=O)cc1C. The van der Waals surface area contributed by atoms with Gasteiger partial charge in [0.25, 0.3) is 0 Å². The highest BCUT2D eigenvalue weighted by Crippen LogP contribution is 2.38. The number of aromatic nitrogens is 1. The maximum absolute atomic E-state index is 13.2. The molecular formula is C22H18N2O3. The molecule has 2 aromatic rings. The van der Waals surface area contributed by atoms with E-state index in [2.05, 4.69) is 11.1 Å². The van der Waals surface area contributed by atoms with Gasteiger partial charge in [-0.3, -0.25) is 14.6 Å². The van der Waals surface area contributed by atoms with Crippen molar-refractivity contribution in [2.45, 2.75) is 19.8 Å². The Morgan fingerprint density at radius 1 is 1.30 bits per heavy atom. The van der Waals surface area contributed by atoms with Crippen LogP contribution in [0.1, 0.15) is 29.5 Å². The van der Waals surface area contributed by atoms with Crippen LogP contribution in [-0.2, 0) is 9.59 Å². The van der Waals surface area contributed by atoms with Crippen LogP contribution in [0.2, 0.25) is 0 Å². The Kier molecular flexibility index (Phi) is 5.00. The fourth-order valence-corrected chi connectivity index (χ4v) is 3.33. The fourth-order valence-electron chi connectivity index (χ4n) is 3.33. The molecule has 0 amide bonds. The maximum Gasteiger partial charge on any atom is 0.178 e. The number of nitrogens with zero attached hydrogens (tertiary/aromatic N) is 2. The minimum atomic E-state index is -0.691. The molecule has 0 spiro atoms. The van der Waals surface area contributed by atoms with Crippen LogP contribution in [0.3, 0.4) is 0 Å². The number of carbonyl (C=O) groups excluding carboxylic acids is 2. The van der Waals surface area contributed by atoms with Crippen molar-refractivity contribution in [2.24, 2.45) is 0 Å². The molecule has 0 radical (unpaired) electrons. The van der Waals surface area contributed by atoms with E-state index in [1.165, 1.54) is 6.92 Å². The molecule has 0 bridgehead atoms. The van der Waals surface area contributed by atoms with Gasteiger partial charge in [-0.05, 0) is 37.1 Å². The van der Waals surface area contributed by atoms with Gasteiger partial charge in [-0.2, -0.15) is 5.26 Å². The Balaban J connectivity index is 2.18. The quantitative estimate of drug-likeness (QED) is 0.781. The van der Waals surface area contributed by atoms with Crippen LogP contribution in [0, 0.1) is 18.3 Å². The zero-order valence-corrected chi connectivity index (χ0v) is 15.3. The second-order valence-electron chi connectivity index (χ2n) is 6.31. The number of rotatable bonds is 4. The largest absolute Gasteiger partial charge is 0.496 e. The van der Waals surface area contributed by atoms with Gasteiger partial charge in [-0.1, -0.05) is 24.3 Å². The van der Waals surface area contributed by atoms with Gasteiger partial charge >= 0.3 is 0 Å². The third-order valence-electron chi connectivity index (χ3n) is 4.58. The van der Waals surface area contributed by atoms with E-state index in [1.54, 1.807) is 49.8 Å². The zero-order chi connectivity index (χ0) is 19.6. The molecule has 5 nitrogen and oxygen atoms in total. The second-order valence-corrected chi connectivity index (χ2v) is 6.31. The second kappa shape index (κ2) is 7.38. The summed E-state index contributed by atoms with van der Waals surface area (Å²) in [4.78, 5) is 29.6. The lowest BCUT2D eigenvalue weighted by Gasteiger charge is -2.23. The standard InChI is InChI=1S/C22H18N2O3/c1-13-9-15(6-7-19(13)27-3)18-10-17(11-23)21(16-5-4-8-24-12-16)20(14(2)25)22(18)26/h4-10,12,18H,1-3H3. The highest BCUT2D eigenvalue weighted by molar-refractivity contribution is 6.29. The molecule has 0 saturated carbocycles. The number of pyridine rings is 1. The minimum Gasteiger partial charge on any atom is -0.496 e. The number of ketones is 2. The summed E-state index contributed by atoms with van der Waals surface area (Å²) in [7, 11) is 1.58. The molecule has 134 valence electrons. The van der Waals surface area contributed by atoms with Crippen molar-refractivity contribution in [1.29, 1.82) is 5.26 Å². The number of benzene rings is 1. The predicted octanol–water partition coefficient (Wildman–Crippen LogP) is 3.56. The first kappa shape index (κ1) is 18.3. The highest BCUT2D eigenvalue weighted by atomic mass is 16.5. The predicted molar refractivity (Wildman–Crippen MR) is 101 cm³/mol. The van der Waals surface area contributed by atoms with E-state index in [-0.39, 0.29) is 17.1 Å². The van der Waals surface area contributed by atoms with Gasteiger partial charge in [0.05, 0.1) is 30.2 Å². The molecule has 1 aliphatic carbocycles. The van der Waals surface area contributed by atoms with Crippen molar-refractivity contribution in [3.05, 3.63) is 76.6 Å². The van der Waals surface area contributed by atoms with Gasteiger partial charge in [0.2, 0.25) is 0 Å². The topological polar surface area (TPSA) is 80.0 Å². The summed E-state index contributed by atoms with van der Waals surface area (Å²) in [5, 5.41) is 9.69. The van der Waals surface area contributed by atoms with Gasteiger partial charge < -0.3 is 4.74 Å². The zero-order valence-electron chi connectivity index (χ0n) is 15.3. The normalized spacial score (nSPS) is 16.6. The van der Waals surface area contributed by atoms with Crippen molar-refractivity contribution >= 4 is 17.1 Å². The van der Waals surface area contributed by atoms with Crippen LogP contribution < -0.4 is 4.74 Å². The van der Waals surface area contributed by atoms with Crippen molar-refractivity contribution in [3.8, 4) is 11.8 Å². The summed E-state index contributed by atoms with van der Waals surface area (Å²) in [5.74, 6) is -0.659. The Morgan fingerprint density at radius 2 is 2.07 bits per heavy atom. The number of hydrogen-bond donors (Lipinski definition) is 0. The summed E-state index contributed by atoms with van der Waals surface area (Å²) in [5.41, 5.74) is 2.86. The molecule has 1 atom stereocenters. The molecule has 1 heterocycles. The van der Waals surface area contributed by atoms with Crippen molar-refractivity contribution in [1.82, 2.24) is 4.98 Å². The summed E-state index contributed by atoms with van der Waals surface area (Å²) >= 11 is 0. The molecule has 0 N–H and O–H groups in total. The molecule has 1 aromatic carbocycles. The van der Waals surface area contributed by atoms with E-state index < -0.39 is 5.92 Å². The number of carbonyl (C=O) groups is 2. The lowest BCUT2D eigenvalue weighted by atomic mass is 9.77. The van der Waals surface area contributed by atoms with Crippen LogP contribution in [0.5, 0.6) is 5.75 Å². The van der Waals surface area contributed by atoms with Crippen LogP contribution in [0.25, 0.3) is 5.57 Å². The van der Waals surface area contributed by atoms with E-state index in [0.29, 0.717) is 22.5 Å². The van der Waals surface area contributed by atoms with Gasteiger partial charge in [0.1, 0.15) is 5.75 Å². The average Bonchev–Trinajstić information content (AvgIpc) is 2.67. The highest BCUT2D eigenvalue weighted by Gasteiger charge is 2.34. The summed E-state index contributed by atoms with van der Waals surface area (Å²) in [6.07, 6.45) is 4.77. The first-order valence-electron chi connectivity index (χ1n) is 8.44. The molecular weight excluding hydrogens is 340 g/mol. The smallest absolute Gasteiger partial charge is 0.178 e. The van der Waals surface area contributed by atoms with Crippen molar-refractivity contribution in [2.75, 3.05) is 7.11 Å². The average molecular weight is 358 g/mol. The Hall–Kier alpha value is -3.52. The van der Waals surface area contributed by atoms with E-state index in [1.807, 2.05) is 13.0 Å². The van der Waals surface area contributed by atoms with E-state index in [0.717, 1.165) is 11.1 Å². The molecule has 0 aliphatic heterocycles. The van der Waals surface area contributed by atoms with Crippen molar-refractivity contribution in [3.63, 3.8) is 0 Å². The Bertz CT molecular complexity index is 1030. The molecule has 1 aromatic heterocycles. The Labute approximate surface area is 157 Å². The van der Waals surface area contributed by atoms with Crippen LogP contribution in [0.15, 0.2) is 59.9 Å². The van der Waals surface area contributed by atoms with Gasteiger partial charge in [-0.25, -0.2) is 0 Å². The van der Waals surface area contributed by atoms with E-state index in [9.17, 15) is 14.9 Å². The molecule has 5 heteroatoms. The summed E-state index contributed by atoms with van der Waals surface area (Å²) in [6.45, 7) is 3.23. The van der Waals surface area contributed by atoms with Crippen LogP contribution >= 0.6 is 0 Å². The first-order chi connectivity index (χ1) is 13.0. The molecule has 1 aliphatic rings. The number of aryl methyl sites for hydroxylation is 1. The number of methoxy groups -OCH3 is 1. The molecule has 27 heavy (non-hydrogen) atoms. The minimum absolute atomic E-state index is 0.0421. The van der Waals surface area contributed by atoms with Gasteiger partial charge in [0, 0.05) is 23.5 Å². The lowest BCUT2D eigenvalue weighted by Crippen LogP contribution is -2.23. The van der Waals surface area contributed by atoms with Crippen LogP contribution in [0.4, 0.5) is 0 Å². The van der Waals surface area contributed by atoms with E-state index in [4.69, 9.17) is 4.74 Å². The summed E-state index contributed by atoms with van der Waals surface area (Å²) < 4.78 is 5.27. The third-order valence-corrected chi connectivity index (χ3v) is 4.58. The van der Waals surface area contributed by atoms with Crippen LogP contribution in [-0.4, -0.2) is 23.7 Å². The van der Waals surface area contributed by atoms with Crippen molar-refractivity contribution < 1.29 is 14.3 Å². The van der Waals surface area contributed by atoms with Gasteiger partial charge in [0.15, 0.2) is 11.6 Å². The Morgan fingerprint density at radius 3 is 2.63 bits per heavy atom. The lowest BCUT2D eigenvalue weighted by molar-refractivity contribution is -0.120. The molecule has 0 saturated heterocycles. The first-order valence-corrected chi connectivity index (χ1v) is 8.44. The fraction of sp³-hybridized carbons (Fsp3) is 0.182. The monoisotopic (exact) mass is 358 g/mol. The number of ether oxygens (including phenoxy) is 1. The summed E-state index contributed by atoms with van der Waals surface area (Å²) in [6, 6.07) is 11.0. The number of Topliss-reactive ketones (excluding diaryl/α,β-unsaturated/α-hetero) is 2.